The van der Waals surface area contributed by atoms with Crippen LogP contribution in [-0.4, -0.2) is 17.1 Å². The van der Waals surface area contributed by atoms with Gasteiger partial charge in [0.05, 0.1) is 7.11 Å². The molecule has 0 unspecified atom stereocenters. The van der Waals surface area contributed by atoms with Gasteiger partial charge in [-0.05, 0) is 44.5 Å². The summed E-state index contributed by atoms with van der Waals surface area (Å²) in [6, 6.07) is 5.59. The van der Waals surface area contributed by atoms with Crippen LogP contribution in [0.4, 0.5) is 0 Å². The molecular weight excluding hydrogens is 264 g/mol. The maximum atomic E-state index is 6.02. The molecule has 2 aromatic rings. The topological polar surface area (TPSA) is 44.2 Å². The molecule has 0 spiro atoms. The van der Waals surface area contributed by atoms with E-state index in [9.17, 15) is 0 Å². The van der Waals surface area contributed by atoms with Gasteiger partial charge >= 0.3 is 0 Å². The molecule has 0 aliphatic carbocycles. The largest absolute Gasteiger partial charge is 0.497 e. The van der Waals surface area contributed by atoms with Crippen molar-refractivity contribution in [3.05, 3.63) is 40.3 Å². The Hall–Kier alpha value is -1.81. The highest BCUT2D eigenvalue weighted by molar-refractivity contribution is 6.30. The van der Waals surface area contributed by atoms with Gasteiger partial charge in [-0.15, -0.1) is 0 Å². The molecule has 0 atom stereocenters. The van der Waals surface area contributed by atoms with Crippen molar-refractivity contribution in [2.24, 2.45) is 0 Å². The molecule has 5 heteroatoms. The number of hydrogen-bond acceptors (Lipinski definition) is 4. The maximum absolute atomic E-state index is 6.02. The molecule has 0 aliphatic heterocycles. The molecule has 0 amide bonds. The molecule has 1 aromatic carbocycles. The second-order valence-corrected chi connectivity index (χ2v) is 4.58. The van der Waals surface area contributed by atoms with Crippen molar-refractivity contribution in [2.75, 3.05) is 7.11 Å². The van der Waals surface area contributed by atoms with Crippen molar-refractivity contribution >= 4 is 11.6 Å². The Morgan fingerprint density at radius 1 is 1.11 bits per heavy atom. The van der Waals surface area contributed by atoms with Crippen LogP contribution in [0.2, 0.25) is 5.15 Å². The first-order valence-electron chi connectivity index (χ1n) is 5.84. The minimum Gasteiger partial charge on any atom is -0.497 e. The lowest BCUT2D eigenvalue weighted by atomic mass is 10.2. The summed E-state index contributed by atoms with van der Waals surface area (Å²) >= 11 is 6.02. The number of benzene rings is 1. The summed E-state index contributed by atoms with van der Waals surface area (Å²) in [5.41, 5.74) is 1.69. The van der Waals surface area contributed by atoms with Crippen molar-refractivity contribution in [3.8, 4) is 17.4 Å². The average molecular weight is 279 g/mol. The summed E-state index contributed by atoms with van der Waals surface area (Å²) in [6.07, 6.45) is 0. The van der Waals surface area contributed by atoms with E-state index in [0.717, 1.165) is 22.6 Å². The van der Waals surface area contributed by atoms with Gasteiger partial charge in [0.2, 0.25) is 5.88 Å². The number of nitrogens with zero attached hydrogens (tertiary/aromatic N) is 2. The van der Waals surface area contributed by atoms with Gasteiger partial charge in [-0.3, -0.25) is 0 Å². The highest BCUT2D eigenvalue weighted by atomic mass is 35.5. The third-order valence-corrected chi connectivity index (χ3v) is 3.11. The number of ether oxygens (including phenoxy) is 2. The van der Waals surface area contributed by atoms with Crippen molar-refractivity contribution in [2.45, 2.75) is 20.8 Å². The first-order valence-corrected chi connectivity index (χ1v) is 6.22. The van der Waals surface area contributed by atoms with Gasteiger partial charge in [-0.25, -0.2) is 4.98 Å². The Labute approximate surface area is 117 Å². The zero-order chi connectivity index (χ0) is 14.0. The van der Waals surface area contributed by atoms with Crippen LogP contribution in [-0.2, 0) is 0 Å². The number of aromatic nitrogens is 2. The zero-order valence-corrected chi connectivity index (χ0v) is 12.1. The SMILES string of the molecule is COc1ccc(Oc2nc(C)nc(Cl)c2C)c(C)c1. The number of aryl methyl sites for hydroxylation is 2. The number of methoxy groups -OCH3 is 1. The van der Waals surface area contributed by atoms with Crippen molar-refractivity contribution in [1.82, 2.24) is 9.97 Å². The Bertz CT molecular complexity index is 615. The van der Waals surface area contributed by atoms with Crippen molar-refractivity contribution in [1.29, 1.82) is 0 Å². The Morgan fingerprint density at radius 3 is 2.47 bits per heavy atom. The van der Waals surface area contributed by atoms with Crippen molar-refractivity contribution < 1.29 is 9.47 Å². The third-order valence-electron chi connectivity index (χ3n) is 2.74. The van der Waals surface area contributed by atoms with Crippen LogP contribution < -0.4 is 9.47 Å². The summed E-state index contributed by atoms with van der Waals surface area (Å²) in [5, 5.41) is 0.411. The van der Waals surface area contributed by atoms with E-state index in [1.807, 2.05) is 32.0 Å². The highest BCUT2D eigenvalue weighted by Gasteiger charge is 2.11. The van der Waals surface area contributed by atoms with Crippen LogP contribution in [0.1, 0.15) is 17.0 Å². The molecule has 0 N–H and O–H groups in total. The molecular formula is C14H15ClN2O2. The maximum Gasteiger partial charge on any atom is 0.226 e. The minimum absolute atomic E-state index is 0.411. The van der Waals surface area contributed by atoms with E-state index in [2.05, 4.69) is 9.97 Å². The first kappa shape index (κ1) is 13.6. The predicted molar refractivity (Wildman–Crippen MR) is 74.3 cm³/mol. The van der Waals surface area contributed by atoms with Gasteiger partial charge in [-0.1, -0.05) is 11.6 Å². The molecule has 0 fully saturated rings. The fraction of sp³-hybridized carbons (Fsp3) is 0.286. The Morgan fingerprint density at radius 2 is 1.84 bits per heavy atom. The fourth-order valence-electron chi connectivity index (χ4n) is 1.64. The van der Waals surface area contributed by atoms with E-state index in [-0.39, 0.29) is 0 Å². The van der Waals surface area contributed by atoms with Crippen LogP contribution in [0, 0.1) is 20.8 Å². The summed E-state index contributed by atoms with van der Waals surface area (Å²) in [4.78, 5) is 8.34. The van der Waals surface area contributed by atoms with E-state index < -0.39 is 0 Å². The van der Waals surface area contributed by atoms with Gasteiger partial charge in [0, 0.05) is 5.56 Å². The van der Waals surface area contributed by atoms with Gasteiger partial charge < -0.3 is 9.47 Å². The smallest absolute Gasteiger partial charge is 0.226 e. The van der Waals surface area contributed by atoms with Gasteiger partial charge in [0.25, 0.3) is 0 Å². The van der Waals surface area contributed by atoms with Crippen LogP contribution in [0.3, 0.4) is 0 Å². The molecule has 0 saturated heterocycles. The highest BCUT2D eigenvalue weighted by Crippen LogP contribution is 2.30. The fourth-order valence-corrected chi connectivity index (χ4v) is 1.84. The molecule has 1 heterocycles. The molecule has 0 aliphatic rings. The van der Waals surface area contributed by atoms with E-state index in [1.165, 1.54) is 0 Å². The molecule has 0 saturated carbocycles. The molecule has 0 radical (unpaired) electrons. The summed E-state index contributed by atoms with van der Waals surface area (Å²) in [7, 11) is 1.63. The van der Waals surface area contributed by atoms with Crippen LogP contribution in [0.5, 0.6) is 17.4 Å². The molecule has 4 nitrogen and oxygen atoms in total. The van der Waals surface area contributed by atoms with Gasteiger partial charge in [0.15, 0.2) is 0 Å². The minimum atomic E-state index is 0.411. The first-order chi connectivity index (χ1) is 9.01. The van der Waals surface area contributed by atoms with Gasteiger partial charge in [0.1, 0.15) is 22.5 Å². The third kappa shape index (κ3) is 2.96. The van der Waals surface area contributed by atoms with Crippen LogP contribution in [0.25, 0.3) is 0 Å². The zero-order valence-electron chi connectivity index (χ0n) is 11.3. The van der Waals surface area contributed by atoms with Crippen LogP contribution in [0.15, 0.2) is 18.2 Å². The van der Waals surface area contributed by atoms with Crippen LogP contribution >= 0.6 is 11.6 Å². The molecule has 2 rings (SSSR count). The predicted octanol–water partition coefficient (Wildman–Crippen LogP) is 3.86. The summed E-state index contributed by atoms with van der Waals surface area (Å²) in [6.45, 7) is 5.55. The molecule has 0 bridgehead atoms. The Kier molecular flexibility index (Phi) is 3.90. The average Bonchev–Trinajstić information content (AvgIpc) is 2.37. The quantitative estimate of drug-likeness (QED) is 0.800. The monoisotopic (exact) mass is 278 g/mol. The van der Waals surface area contributed by atoms with Crippen molar-refractivity contribution in [3.63, 3.8) is 0 Å². The number of rotatable bonds is 3. The van der Waals surface area contributed by atoms with E-state index in [0.29, 0.717) is 16.9 Å². The van der Waals surface area contributed by atoms with E-state index in [1.54, 1.807) is 14.0 Å². The molecule has 1 aromatic heterocycles. The van der Waals surface area contributed by atoms with Gasteiger partial charge in [-0.2, -0.15) is 4.98 Å². The lowest BCUT2D eigenvalue weighted by Gasteiger charge is -2.12. The lowest BCUT2D eigenvalue weighted by Crippen LogP contribution is -1.98. The lowest BCUT2D eigenvalue weighted by molar-refractivity contribution is 0.411. The summed E-state index contributed by atoms with van der Waals surface area (Å²) in [5.74, 6) is 2.57. The second kappa shape index (κ2) is 5.45. The number of halogens is 1. The normalized spacial score (nSPS) is 10.4. The number of hydrogen-bond donors (Lipinski definition) is 0. The van der Waals surface area contributed by atoms with E-state index in [4.69, 9.17) is 21.1 Å². The Balaban J connectivity index is 2.36. The van der Waals surface area contributed by atoms with E-state index >= 15 is 0 Å². The molecule has 19 heavy (non-hydrogen) atoms. The standard InChI is InChI=1S/C14H15ClN2O2/c1-8-7-11(18-4)5-6-12(8)19-14-9(2)13(15)16-10(3)17-14/h5-7H,1-4H3. The second-order valence-electron chi connectivity index (χ2n) is 4.23. The summed E-state index contributed by atoms with van der Waals surface area (Å²) < 4.78 is 11.0. The molecule has 100 valence electrons.